The fourth-order valence-electron chi connectivity index (χ4n) is 1.79. The van der Waals surface area contributed by atoms with Crippen molar-refractivity contribution in [2.24, 2.45) is 0 Å². The molecule has 3 heteroatoms. The first kappa shape index (κ1) is 11.1. The van der Waals surface area contributed by atoms with E-state index in [9.17, 15) is 4.79 Å². The van der Waals surface area contributed by atoms with Gasteiger partial charge in [-0.3, -0.25) is 4.79 Å². The number of hydrogen-bond donors (Lipinski definition) is 1. The van der Waals surface area contributed by atoms with E-state index in [0.29, 0.717) is 6.61 Å². The van der Waals surface area contributed by atoms with E-state index in [-0.39, 0.29) is 12.0 Å². The van der Waals surface area contributed by atoms with Crippen molar-refractivity contribution < 1.29 is 9.53 Å². The van der Waals surface area contributed by atoms with Crippen molar-refractivity contribution in [2.45, 2.75) is 25.5 Å². The molecule has 0 saturated carbocycles. The largest absolute Gasteiger partial charge is 0.461 e. The average Bonchev–Trinajstić information content (AvgIpc) is 2.81. The molecule has 1 atom stereocenters. The highest BCUT2D eigenvalue weighted by Crippen LogP contribution is 2.09. The molecule has 0 unspecified atom stereocenters. The first-order valence-electron chi connectivity index (χ1n) is 5.63. The number of hydrogen-bond acceptors (Lipinski definition) is 3. The molecule has 0 aromatic heterocycles. The minimum atomic E-state index is -0.233. The number of nitrogens with one attached hydrogen (secondary N) is 1. The Balaban J connectivity index is 1.71. The van der Waals surface area contributed by atoms with Crippen LogP contribution in [0.5, 0.6) is 0 Å². The molecule has 1 heterocycles. The molecule has 1 fully saturated rings. The predicted octanol–water partition coefficient (Wildman–Crippen LogP) is 1.69. The fraction of sp³-hybridized carbons (Fsp3) is 0.385. The van der Waals surface area contributed by atoms with Crippen LogP contribution in [0.4, 0.5) is 0 Å². The lowest BCUT2D eigenvalue weighted by Crippen LogP contribution is -2.26. The Morgan fingerprint density at radius 2 is 2.25 bits per heavy atom. The second-order valence-electron chi connectivity index (χ2n) is 3.96. The summed E-state index contributed by atoms with van der Waals surface area (Å²) in [5, 5.41) is 3.23. The van der Waals surface area contributed by atoms with E-state index >= 15 is 0 Å². The molecule has 0 amide bonds. The summed E-state index contributed by atoms with van der Waals surface area (Å²) in [5.74, 6) is -0.233. The van der Waals surface area contributed by atoms with Gasteiger partial charge in [-0.15, -0.1) is 0 Å². The van der Waals surface area contributed by atoms with Gasteiger partial charge in [-0.2, -0.15) is 0 Å². The van der Waals surface area contributed by atoms with E-state index in [0.717, 1.165) is 24.9 Å². The van der Waals surface area contributed by atoms with Crippen molar-refractivity contribution in [1.82, 2.24) is 5.32 Å². The van der Waals surface area contributed by atoms with Crippen LogP contribution in [0.2, 0.25) is 0 Å². The van der Waals surface area contributed by atoms with E-state index in [1.165, 1.54) is 0 Å². The van der Waals surface area contributed by atoms with Gasteiger partial charge in [0, 0.05) is 6.04 Å². The minimum absolute atomic E-state index is 0.197. The number of carbonyl (C=O) groups is 1. The molecule has 1 aromatic rings. The molecule has 0 spiro atoms. The summed E-state index contributed by atoms with van der Waals surface area (Å²) in [5.41, 5.74) is 1.02. The predicted molar refractivity (Wildman–Crippen MR) is 61.6 cm³/mol. The molecule has 1 N–H and O–H groups in total. The first-order chi connectivity index (χ1) is 7.84. The molecule has 1 aliphatic heterocycles. The smallest absolute Gasteiger partial charge is 0.311 e. The highest BCUT2D eigenvalue weighted by Gasteiger charge is 2.18. The molecule has 1 radical (unpaired) electrons. The summed E-state index contributed by atoms with van der Waals surface area (Å²) in [4.78, 5) is 11.5. The van der Waals surface area contributed by atoms with Crippen LogP contribution < -0.4 is 5.32 Å². The highest BCUT2D eigenvalue weighted by atomic mass is 16.5. The van der Waals surface area contributed by atoms with E-state index in [1.807, 2.05) is 30.3 Å². The molecule has 0 aliphatic carbocycles. The molecule has 1 aliphatic rings. The van der Waals surface area contributed by atoms with Crippen molar-refractivity contribution in [3.05, 3.63) is 42.3 Å². The van der Waals surface area contributed by atoms with E-state index in [1.54, 1.807) is 6.42 Å². The van der Waals surface area contributed by atoms with E-state index in [2.05, 4.69) is 5.32 Å². The lowest BCUT2D eigenvalue weighted by molar-refractivity contribution is -0.141. The monoisotopic (exact) mass is 218 g/mol. The second kappa shape index (κ2) is 5.66. The van der Waals surface area contributed by atoms with Crippen LogP contribution >= 0.6 is 0 Å². The van der Waals surface area contributed by atoms with Gasteiger partial charge in [-0.05, 0) is 24.9 Å². The Hall–Kier alpha value is -1.35. The maximum absolute atomic E-state index is 11.5. The van der Waals surface area contributed by atoms with Gasteiger partial charge >= 0.3 is 5.97 Å². The summed E-state index contributed by atoms with van der Waals surface area (Å²) in [6.45, 7) is 1.34. The standard InChI is InChI=1S/C13H16NO2/c15-13(9-12-7-4-8-14-12)16-10-11-5-2-1-3-6-11/h1-3,5-6,9,12,14H,4,7-8,10H2/t12-/m0/s1. The quantitative estimate of drug-likeness (QED) is 0.781. The Morgan fingerprint density at radius 3 is 2.94 bits per heavy atom. The molecule has 3 nitrogen and oxygen atoms in total. The zero-order valence-corrected chi connectivity index (χ0v) is 9.19. The molecule has 1 aromatic carbocycles. The van der Waals surface area contributed by atoms with Crippen LogP contribution in [-0.2, 0) is 16.1 Å². The van der Waals surface area contributed by atoms with Crippen LogP contribution in [0.1, 0.15) is 18.4 Å². The van der Waals surface area contributed by atoms with Gasteiger partial charge in [0.05, 0.1) is 6.42 Å². The lowest BCUT2D eigenvalue weighted by atomic mass is 10.1. The van der Waals surface area contributed by atoms with Crippen molar-refractivity contribution in [2.75, 3.05) is 6.54 Å². The van der Waals surface area contributed by atoms with Gasteiger partial charge in [-0.25, -0.2) is 0 Å². The molecular weight excluding hydrogens is 202 g/mol. The van der Waals surface area contributed by atoms with Gasteiger partial charge in [-0.1, -0.05) is 30.3 Å². The van der Waals surface area contributed by atoms with E-state index < -0.39 is 0 Å². The normalized spacial score (nSPS) is 19.6. The summed E-state index contributed by atoms with van der Waals surface area (Å²) < 4.78 is 5.16. The number of benzene rings is 1. The van der Waals surface area contributed by atoms with E-state index in [4.69, 9.17) is 4.74 Å². The van der Waals surface area contributed by atoms with Crippen molar-refractivity contribution in [3.8, 4) is 0 Å². The van der Waals surface area contributed by atoms with Gasteiger partial charge in [0.1, 0.15) is 6.61 Å². The number of rotatable bonds is 4. The highest BCUT2D eigenvalue weighted by molar-refractivity contribution is 5.79. The van der Waals surface area contributed by atoms with Gasteiger partial charge in [0.15, 0.2) is 0 Å². The molecular formula is C13H16NO2. The summed E-state index contributed by atoms with van der Waals surface area (Å²) in [6, 6.07) is 9.90. The molecule has 85 valence electrons. The molecule has 0 bridgehead atoms. The topological polar surface area (TPSA) is 38.3 Å². The van der Waals surface area contributed by atoms with Gasteiger partial charge in [0.2, 0.25) is 0 Å². The third-order valence-corrected chi connectivity index (χ3v) is 2.66. The molecule has 16 heavy (non-hydrogen) atoms. The third-order valence-electron chi connectivity index (χ3n) is 2.66. The minimum Gasteiger partial charge on any atom is -0.461 e. The van der Waals surface area contributed by atoms with Gasteiger partial charge in [0.25, 0.3) is 0 Å². The van der Waals surface area contributed by atoms with Crippen LogP contribution in [-0.4, -0.2) is 18.6 Å². The number of esters is 1. The van der Waals surface area contributed by atoms with Crippen molar-refractivity contribution in [3.63, 3.8) is 0 Å². The van der Waals surface area contributed by atoms with Crippen LogP contribution in [0.15, 0.2) is 30.3 Å². The van der Waals surface area contributed by atoms with Crippen LogP contribution in [0.3, 0.4) is 0 Å². The molecule has 1 saturated heterocycles. The molecule has 2 rings (SSSR count). The van der Waals surface area contributed by atoms with Gasteiger partial charge < -0.3 is 10.1 Å². The van der Waals surface area contributed by atoms with Crippen molar-refractivity contribution in [1.29, 1.82) is 0 Å². The summed E-state index contributed by atoms with van der Waals surface area (Å²) >= 11 is 0. The SMILES string of the molecule is O=C([CH][C@@H]1CCCN1)OCc1ccccc1. The first-order valence-corrected chi connectivity index (χ1v) is 5.63. The Kier molecular flexibility index (Phi) is 3.94. The fourth-order valence-corrected chi connectivity index (χ4v) is 1.79. The Bertz CT molecular complexity index is 331. The second-order valence-corrected chi connectivity index (χ2v) is 3.96. The third kappa shape index (κ3) is 3.35. The maximum Gasteiger partial charge on any atom is 0.311 e. The Morgan fingerprint density at radius 1 is 1.44 bits per heavy atom. The lowest BCUT2D eigenvalue weighted by Gasteiger charge is -2.09. The Labute approximate surface area is 95.8 Å². The number of carbonyl (C=O) groups excluding carboxylic acids is 1. The zero-order chi connectivity index (χ0) is 11.2. The number of ether oxygens (including phenoxy) is 1. The summed E-state index contributed by atoms with van der Waals surface area (Å²) in [7, 11) is 0. The summed E-state index contributed by atoms with van der Waals surface area (Å²) in [6.07, 6.45) is 3.80. The maximum atomic E-state index is 11.5. The van der Waals surface area contributed by atoms with Crippen LogP contribution in [0.25, 0.3) is 0 Å². The zero-order valence-electron chi connectivity index (χ0n) is 9.19. The van der Waals surface area contributed by atoms with Crippen LogP contribution in [0, 0.1) is 6.42 Å². The van der Waals surface area contributed by atoms with Crippen molar-refractivity contribution >= 4 is 5.97 Å². The average molecular weight is 218 g/mol.